The first-order valence-corrected chi connectivity index (χ1v) is 6.91. The Labute approximate surface area is 120 Å². The second-order valence-electron chi connectivity index (χ2n) is 3.89. The lowest BCUT2D eigenvalue weighted by atomic mass is 10.2. The molecule has 0 radical (unpaired) electrons. The minimum Gasteiger partial charge on any atom is -0.497 e. The third-order valence-electron chi connectivity index (χ3n) is 2.68. The van der Waals surface area contributed by atoms with Crippen molar-refractivity contribution in [1.82, 2.24) is 0 Å². The predicted molar refractivity (Wildman–Crippen MR) is 78.8 cm³/mol. The summed E-state index contributed by atoms with van der Waals surface area (Å²) in [6.45, 7) is 0. The normalized spacial score (nSPS) is 14.3. The van der Waals surface area contributed by atoms with E-state index in [4.69, 9.17) is 10.5 Å². The van der Waals surface area contributed by atoms with Crippen molar-refractivity contribution >= 4 is 35.1 Å². The maximum absolute atomic E-state index is 12.2. The van der Waals surface area contributed by atoms with Crippen LogP contribution in [0.2, 0.25) is 0 Å². The van der Waals surface area contributed by atoms with E-state index in [1.54, 1.807) is 37.6 Å². The van der Waals surface area contributed by atoms with E-state index in [2.05, 4.69) is 10.3 Å². The molecule has 0 fully saturated rings. The number of rotatable bonds is 4. The van der Waals surface area contributed by atoms with E-state index in [1.807, 2.05) is 0 Å². The Morgan fingerprint density at radius 2 is 2.00 bits per heavy atom. The van der Waals surface area contributed by atoms with Gasteiger partial charge in [0.05, 0.1) is 12.0 Å². The van der Waals surface area contributed by atoms with Crippen LogP contribution < -0.4 is 15.8 Å². The first-order valence-electron chi connectivity index (χ1n) is 5.69. The highest BCUT2D eigenvalue weighted by molar-refractivity contribution is 8.03. The molecule has 0 atom stereocenters. The third-order valence-corrected chi connectivity index (χ3v) is 3.47. The number of nitrogens with one attached hydrogen (secondary N) is 1. The van der Waals surface area contributed by atoms with Gasteiger partial charge in [-0.15, -0.1) is 11.8 Å². The average molecular weight is 291 g/mol. The van der Waals surface area contributed by atoms with Crippen LogP contribution in [0, 0.1) is 0 Å². The van der Waals surface area contributed by atoms with Gasteiger partial charge >= 0.3 is 0 Å². The first kappa shape index (κ1) is 14.1. The Bertz CT molecular complexity index is 620. The fraction of sp³-hybridized carbons (Fsp3) is 0.154. The number of anilines is 1. The van der Waals surface area contributed by atoms with Crippen molar-refractivity contribution in [1.29, 1.82) is 0 Å². The molecular weight excluding hydrogens is 278 g/mol. The van der Waals surface area contributed by atoms with Gasteiger partial charge in [-0.3, -0.25) is 9.59 Å². The van der Waals surface area contributed by atoms with Gasteiger partial charge in [0.1, 0.15) is 17.2 Å². The largest absolute Gasteiger partial charge is 0.497 e. The molecule has 1 aliphatic rings. The molecule has 1 aliphatic heterocycles. The van der Waals surface area contributed by atoms with Crippen LogP contribution in [0.5, 0.6) is 5.75 Å². The van der Waals surface area contributed by atoms with Gasteiger partial charge in [0, 0.05) is 5.69 Å². The van der Waals surface area contributed by atoms with E-state index in [-0.39, 0.29) is 16.3 Å². The fourth-order valence-electron chi connectivity index (χ4n) is 1.72. The standard InChI is InChI=1S/C13H13N3O3S/c1-19-8-5-3-7(4-6-8)15-12(17)9-10(20-2)13(18)16-11(9)14/h3-6H,1-2H3,(H,15,17)(H2,14,16,18). The topological polar surface area (TPSA) is 93.8 Å². The summed E-state index contributed by atoms with van der Waals surface area (Å²) in [4.78, 5) is 27.5. The molecule has 0 saturated carbocycles. The van der Waals surface area contributed by atoms with Gasteiger partial charge in [0.25, 0.3) is 11.8 Å². The maximum atomic E-state index is 12.2. The van der Waals surface area contributed by atoms with Crippen LogP contribution in [-0.2, 0) is 9.59 Å². The number of benzene rings is 1. The third kappa shape index (κ3) is 2.67. The Kier molecular flexibility index (Phi) is 4.09. The Morgan fingerprint density at radius 1 is 1.35 bits per heavy atom. The molecule has 1 heterocycles. The molecule has 1 aromatic carbocycles. The molecule has 0 spiro atoms. The molecule has 2 rings (SSSR count). The summed E-state index contributed by atoms with van der Waals surface area (Å²) in [5.41, 5.74) is 6.32. The van der Waals surface area contributed by atoms with Gasteiger partial charge < -0.3 is 15.8 Å². The minimum atomic E-state index is -0.477. The molecule has 0 aliphatic carbocycles. The Balaban J connectivity index is 2.21. The van der Waals surface area contributed by atoms with E-state index in [9.17, 15) is 9.59 Å². The Morgan fingerprint density at radius 3 is 2.55 bits per heavy atom. The molecule has 7 heteroatoms. The summed E-state index contributed by atoms with van der Waals surface area (Å²) < 4.78 is 5.03. The number of hydrogen-bond acceptors (Lipinski definition) is 5. The number of hydrogen-bond donors (Lipinski definition) is 2. The number of nitrogens with zero attached hydrogens (tertiary/aromatic N) is 1. The van der Waals surface area contributed by atoms with Gasteiger partial charge in [-0.2, -0.15) is 4.99 Å². The van der Waals surface area contributed by atoms with Gasteiger partial charge in [-0.05, 0) is 30.5 Å². The van der Waals surface area contributed by atoms with Crippen LogP contribution in [0.4, 0.5) is 5.69 Å². The van der Waals surface area contributed by atoms with Gasteiger partial charge in [0.15, 0.2) is 0 Å². The van der Waals surface area contributed by atoms with Crippen molar-refractivity contribution in [2.24, 2.45) is 10.7 Å². The number of methoxy groups -OCH3 is 1. The lowest BCUT2D eigenvalue weighted by molar-refractivity contribution is -0.114. The van der Waals surface area contributed by atoms with Gasteiger partial charge in [-0.1, -0.05) is 0 Å². The van der Waals surface area contributed by atoms with Crippen molar-refractivity contribution in [2.75, 3.05) is 18.7 Å². The van der Waals surface area contributed by atoms with Crippen molar-refractivity contribution in [3.05, 3.63) is 34.7 Å². The molecule has 6 nitrogen and oxygen atoms in total. The van der Waals surface area contributed by atoms with E-state index >= 15 is 0 Å². The zero-order valence-electron chi connectivity index (χ0n) is 11.0. The highest BCUT2D eigenvalue weighted by Gasteiger charge is 2.29. The SMILES string of the molecule is COc1ccc(NC(=O)C2=C(SC)C(=O)N=C2N)cc1. The number of thioether (sulfide) groups is 1. The highest BCUT2D eigenvalue weighted by Crippen LogP contribution is 2.25. The highest BCUT2D eigenvalue weighted by atomic mass is 32.2. The minimum absolute atomic E-state index is 0.0506. The molecule has 0 aromatic heterocycles. The number of nitrogens with two attached hydrogens (primary N) is 1. The molecule has 0 bridgehead atoms. The van der Waals surface area contributed by atoms with Crippen LogP contribution in [-0.4, -0.2) is 31.0 Å². The van der Waals surface area contributed by atoms with Crippen molar-refractivity contribution < 1.29 is 14.3 Å². The van der Waals surface area contributed by atoms with Crippen molar-refractivity contribution in [3.63, 3.8) is 0 Å². The number of amides is 2. The zero-order chi connectivity index (χ0) is 14.7. The molecule has 2 amide bonds. The first-order chi connectivity index (χ1) is 9.56. The van der Waals surface area contributed by atoms with Crippen molar-refractivity contribution in [3.8, 4) is 5.75 Å². The van der Waals surface area contributed by atoms with E-state index in [0.29, 0.717) is 11.4 Å². The molecule has 3 N–H and O–H groups in total. The van der Waals surface area contributed by atoms with Crippen LogP contribution in [0.15, 0.2) is 39.7 Å². The Hall–Kier alpha value is -2.28. The number of aliphatic imine (C=N–C) groups is 1. The summed E-state index contributed by atoms with van der Waals surface area (Å²) in [5.74, 6) is -0.295. The van der Waals surface area contributed by atoms with Crippen molar-refractivity contribution in [2.45, 2.75) is 0 Å². The fourth-order valence-corrected chi connectivity index (χ4v) is 2.34. The quantitative estimate of drug-likeness (QED) is 0.868. The summed E-state index contributed by atoms with van der Waals surface area (Å²) in [5, 5.41) is 2.67. The summed E-state index contributed by atoms with van der Waals surface area (Å²) in [7, 11) is 1.56. The number of carbonyl (C=O) groups excluding carboxylic acids is 2. The van der Waals surface area contributed by atoms with E-state index in [0.717, 1.165) is 11.8 Å². The summed E-state index contributed by atoms with van der Waals surface area (Å²) in [6.07, 6.45) is 1.70. The molecule has 0 saturated heterocycles. The predicted octanol–water partition coefficient (Wildman–Crippen LogP) is 1.15. The van der Waals surface area contributed by atoms with Crippen LogP contribution in [0.3, 0.4) is 0 Å². The number of carbonyl (C=O) groups is 2. The molecule has 104 valence electrons. The molecule has 1 aromatic rings. The molecule has 0 unspecified atom stereocenters. The number of ether oxygens (including phenoxy) is 1. The molecular formula is C13H13N3O3S. The zero-order valence-corrected chi connectivity index (χ0v) is 11.8. The van der Waals surface area contributed by atoms with Crippen LogP contribution >= 0.6 is 11.8 Å². The number of amidine groups is 1. The van der Waals surface area contributed by atoms with Crippen LogP contribution in [0.25, 0.3) is 0 Å². The molecule has 20 heavy (non-hydrogen) atoms. The lowest BCUT2D eigenvalue weighted by Crippen LogP contribution is -2.24. The second-order valence-corrected chi connectivity index (χ2v) is 4.71. The monoisotopic (exact) mass is 291 g/mol. The second kappa shape index (κ2) is 5.79. The average Bonchev–Trinajstić information content (AvgIpc) is 2.73. The van der Waals surface area contributed by atoms with Gasteiger partial charge in [0.2, 0.25) is 0 Å². The maximum Gasteiger partial charge on any atom is 0.286 e. The smallest absolute Gasteiger partial charge is 0.286 e. The lowest BCUT2D eigenvalue weighted by Gasteiger charge is -2.08. The summed E-state index contributed by atoms with van der Waals surface area (Å²) >= 11 is 1.15. The van der Waals surface area contributed by atoms with E-state index < -0.39 is 11.8 Å². The van der Waals surface area contributed by atoms with E-state index in [1.165, 1.54) is 0 Å². The van der Waals surface area contributed by atoms with Crippen LogP contribution in [0.1, 0.15) is 0 Å². The van der Waals surface area contributed by atoms with Gasteiger partial charge in [-0.25, -0.2) is 0 Å². The summed E-state index contributed by atoms with van der Waals surface area (Å²) in [6, 6.07) is 6.83.